The third-order valence-electron chi connectivity index (χ3n) is 5.67. The van der Waals surface area contributed by atoms with Gasteiger partial charge >= 0.3 is 6.36 Å². The van der Waals surface area contributed by atoms with Crippen LogP contribution >= 0.6 is 12.2 Å². The molecule has 0 bridgehead atoms. The molecule has 0 saturated carbocycles. The minimum Gasteiger partial charge on any atom is -0.497 e. The highest BCUT2D eigenvalue weighted by molar-refractivity contribution is 7.80. The number of rotatable bonds is 8. The normalized spacial score (nSPS) is 15.6. The number of nitrogens with one attached hydrogen (secondary N) is 1. The Hall–Kier alpha value is -4.19. The third kappa shape index (κ3) is 6.38. The van der Waals surface area contributed by atoms with Crippen LogP contribution in [0.15, 0.2) is 72.8 Å². The lowest BCUT2D eigenvalue weighted by Crippen LogP contribution is -2.37. The van der Waals surface area contributed by atoms with Crippen molar-refractivity contribution in [2.24, 2.45) is 0 Å². The molecule has 3 aromatic rings. The zero-order valence-electron chi connectivity index (χ0n) is 19.9. The van der Waals surface area contributed by atoms with Crippen LogP contribution in [-0.2, 0) is 16.1 Å². The van der Waals surface area contributed by atoms with Gasteiger partial charge in [0.15, 0.2) is 5.11 Å². The summed E-state index contributed by atoms with van der Waals surface area (Å²) in [5.41, 5.74) is 1.35. The Balaban J connectivity index is 1.58. The molecule has 38 heavy (non-hydrogen) atoms. The molecule has 1 saturated heterocycles. The summed E-state index contributed by atoms with van der Waals surface area (Å²) >= 11 is 5.61. The van der Waals surface area contributed by atoms with Crippen molar-refractivity contribution in [3.8, 4) is 11.5 Å². The first-order chi connectivity index (χ1) is 18.0. The van der Waals surface area contributed by atoms with Crippen molar-refractivity contribution in [3.05, 3.63) is 84.2 Å². The van der Waals surface area contributed by atoms with E-state index in [4.69, 9.17) is 17.0 Å². The predicted octanol–water partition coefficient (Wildman–Crippen LogP) is 5.26. The molecule has 12 heteroatoms. The maximum Gasteiger partial charge on any atom is 0.573 e. The zero-order valence-corrected chi connectivity index (χ0v) is 20.7. The van der Waals surface area contributed by atoms with Gasteiger partial charge in [0.1, 0.15) is 23.4 Å². The molecule has 198 valence electrons. The molecule has 1 aliphatic rings. The highest BCUT2D eigenvalue weighted by Crippen LogP contribution is 2.31. The van der Waals surface area contributed by atoms with Gasteiger partial charge in [0.2, 0.25) is 5.91 Å². The van der Waals surface area contributed by atoms with E-state index in [1.165, 1.54) is 53.3 Å². The first-order valence-electron chi connectivity index (χ1n) is 11.2. The molecular formula is C26H21F4N3O4S. The van der Waals surface area contributed by atoms with E-state index >= 15 is 0 Å². The van der Waals surface area contributed by atoms with Gasteiger partial charge in [0.05, 0.1) is 19.2 Å². The molecule has 3 aromatic carbocycles. The molecule has 2 amide bonds. The van der Waals surface area contributed by atoms with Gasteiger partial charge in [-0.15, -0.1) is 13.2 Å². The minimum atomic E-state index is -4.83. The van der Waals surface area contributed by atoms with Crippen molar-refractivity contribution in [2.75, 3.05) is 17.3 Å². The van der Waals surface area contributed by atoms with Crippen LogP contribution in [0.4, 0.5) is 28.9 Å². The van der Waals surface area contributed by atoms with Gasteiger partial charge in [0.25, 0.3) is 5.91 Å². The Bertz CT molecular complexity index is 1320. The van der Waals surface area contributed by atoms with E-state index in [0.717, 1.165) is 12.1 Å². The molecule has 0 radical (unpaired) electrons. The lowest BCUT2D eigenvalue weighted by atomic mass is 10.1. The quantitative estimate of drug-likeness (QED) is 0.306. The number of carbonyl (C=O) groups is 2. The first-order valence-corrected chi connectivity index (χ1v) is 11.6. The molecule has 0 unspecified atom stereocenters. The van der Waals surface area contributed by atoms with Gasteiger partial charge in [-0.1, -0.05) is 12.1 Å². The molecule has 0 aromatic heterocycles. The number of anilines is 2. The van der Waals surface area contributed by atoms with Crippen molar-refractivity contribution < 1.29 is 36.6 Å². The van der Waals surface area contributed by atoms with Gasteiger partial charge in [-0.05, 0) is 78.4 Å². The van der Waals surface area contributed by atoms with Gasteiger partial charge in [0, 0.05) is 12.2 Å². The van der Waals surface area contributed by atoms with Crippen molar-refractivity contribution in [3.63, 3.8) is 0 Å². The lowest BCUT2D eigenvalue weighted by molar-refractivity contribution is -0.274. The zero-order chi connectivity index (χ0) is 27.4. The van der Waals surface area contributed by atoms with Gasteiger partial charge in [-0.3, -0.25) is 14.5 Å². The number of halogens is 4. The van der Waals surface area contributed by atoms with Crippen molar-refractivity contribution in [1.29, 1.82) is 0 Å². The summed E-state index contributed by atoms with van der Waals surface area (Å²) in [5, 5.41) is 2.75. The fraction of sp³-hybridized carbons (Fsp3) is 0.192. The van der Waals surface area contributed by atoms with Gasteiger partial charge in [-0.2, -0.15) is 0 Å². The maximum atomic E-state index is 13.5. The average molecular weight is 548 g/mol. The second kappa shape index (κ2) is 11.1. The van der Waals surface area contributed by atoms with Crippen molar-refractivity contribution in [2.45, 2.75) is 25.4 Å². The topological polar surface area (TPSA) is 71.1 Å². The number of nitrogens with zero attached hydrogens (tertiary/aromatic N) is 2. The van der Waals surface area contributed by atoms with Crippen LogP contribution in [0.2, 0.25) is 0 Å². The molecular weight excluding hydrogens is 526 g/mol. The van der Waals surface area contributed by atoms with Crippen LogP contribution in [0.1, 0.15) is 12.0 Å². The van der Waals surface area contributed by atoms with Crippen LogP contribution in [0, 0.1) is 5.82 Å². The Morgan fingerprint density at radius 1 is 0.974 bits per heavy atom. The summed E-state index contributed by atoms with van der Waals surface area (Å²) in [7, 11) is 1.50. The number of benzene rings is 3. The standard InChI is InChI=1S/C26H21F4N3O4S/c1-36-20-12-8-19(9-13-20)33-24(35)22(14-23(34)31-18-6-4-17(27)5-7-18)32(25(33)38)15-16-2-10-21(11-3-16)37-26(28,29)30/h2-13,22H,14-15H2,1H3,(H,31,34)/t22-/m1/s1. The van der Waals surface area contributed by atoms with E-state index in [0.29, 0.717) is 22.7 Å². The number of carbonyl (C=O) groups excluding carboxylic acids is 2. The molecule has 0 aliphatic carbocycles. The second-order valence-electron chi connectivity index (χ2n) is 8.25. The SMILES string of the molecule is COc1ccc(N2C(=O)[C@@H](CC(=O)Nc3ccc(F)cc3)N(Cc3ccc(OC(F)(F)F)cc3)C2=S)cc1. The lowest BCUT2D eigenvalue weighted by Gasteiger charge is -2.24. The Morgan fingerprint density at radius 2 is 1.58 bits per heavy atom. The van der Waals surface area contributed by atoms with E-state index < -0.39 is 35.8 Å². The molecule has 4 rings (SSSR count). The number of methoxy groups -OCH3 is 1. The number of ether oxygens (including phenoxy) is 2. The fourth-order valence-corrected chi connectivity index (χ4v) is 4.28. The third-order valence-corrected chi connectivity index (χ3v) is 6.08. The maximum absolute atomic E-state index is 13.5. The fourth-order valence-electron chi connectivity index (χ4n) is 3.90. The minimum absolute atomic E-state index is 0.0397. The Morgan fingerprint density at radius 3 is 2.16 bits per heavy atom. The summed E-state index contributed by atoms with van der Waals surface area (Å²) in [5.74, 6) is -1.25. The summed E-state index contributed by atoms with van der Waals surface area (Å²) in [4.78, 5) is 29.2. The number of alkyl halides is 3. The highest BCUT2D eigenvalue weighted by Gasteiger charge is 2.44. The molecule has 1 fully saturated rings. The molecule has 7 nitrogen and oxygen atoms in total. The molecule has 0 spiro atoms. The summed E-state index contributed by atoms with van der Waals surface area (Å²) < 4.78 is 59.8. The van der Waals surface area contributed by atoms with Crippen LogP contribution in [0.3, 0.4) is 0 Å². The summed E-state index contributed by atoms with van der Waals surface area (Å²) in [6.07, 6.45) is -5.11. The van der Waals surface area contributed by atoms with Crippen LogP contribution in [0.25, 0.3) is 0 Å². The number of thiocarbonyl (C=S) groups is 1. The van der Waals surface area contributed by atoms with Gasteiger partial charge in [-0.25, -0.2) is 4.39 Å². The molecule has 1 atom stereocenters. The second-order valence-corrected chi connectivity index (χ2v) is 8.61. The van der Waals surface area contributed by atoms with Crippen molar-refractivity contribution in [1.82, 2.24) is 4.90 Å². The molecule has 1 N–H and O–H groups in total. The van der Waals surface area contributed by atoms with Crippen LogP contribution in [0.5, 0.6) is 11.5 Å². The number of hydrogen-bond donors (Lipinski definition) is 1. The van der Waals surface area contributed by atoms with E-state index in [2.05, 4.69) is 10.1 Å². The van der Waals surface area contributed by atoms with E-state index in [1.807, 2.05) is 0 Å². The van der Waals surface area contributed by atoms with Gasteiger partial charge < -0.3 is 19.7 Å². The average Bonchev–Trinajstić information content (AvgIpc) is 3.09. The Kier molecular flexibility index (Phi) is 7.81. The largest absolute Gasteiger partial charge is 0.573 e. The first kappa shape index (κ1) is 26.9. The Labute approximate surface area is 220 Å². The van der Waals surface area contributed by atoms with Crippen LogP contribution in [-0.4, -0.2) is 41.3 Å². The smallest absolute Gasteiger partial charge is 0.497 e. The predicted molar refractivity (Wildman–Crippen MR) is 135 cm³/mol. The highest BCUT2D eigenvalue weighted by atomic mass is 32.1. The van der Waals surface area contributed by atoms with Crippen LogP contribution < -0.4 is 19.7 Å². The van der Waals surface area contributed by atoms with E-state index in [9.17, 15) is 27.2 Å². The summed E-state index contributed by atoms with van der Waals surface area (Å²) in [6.45, 7) is 0.0397. The van der Waals surface area contributed by atoms with E-state index in [-0.39, 0.29) is 18.1 Å². The van der Waals surface area contributed by atoms with E-state index in [1.54, 1.807) is 24.3 Å². The molecule has 1 heterocycles. The summed E-state index contributed by atoms with van der Waals surface area (Å²) in [6, 6.07) is 15.9. The van der Waals surface area contributed by atoms with Crippen molar-refractivity contribution >= 4 is 40.5 Å². The molecule has 1 aliphatic heterocycles. The number of hydrogen-bond acceptors (Lipinski definition) is 5. The monoisotopic (exact) mass is 547 g/mol. The number of amides is 2.